The third kappa shape index (κ3) is 6.56. The Morgan fingerprint density at radius 1 is 0.879 bits per heavy atom. The molecular weight excluding hydrogens is 442 g/mol. The zero-order chi connectivity index (χ0) is 23.6. The highest BCUT2D eigenvalue weighted by molar-refractivity contribution is 7.12. The third-order valence-electron chi connectivity index (χ3n) is 4.62. The van der Waals surface area contributed by atoms with Crippen molar-refractivity contribution in [2.24, 2.45) is 0 Å². The first-order valence-electron chi connectivity index (χ1n) is 10.4. The van der Waals surface area contributed by atoms with Gasteiger partial charge in [0.05, 0.1) is 18.6 Å². The molecule has 9 heteroatoms. The van der Waals surface area contributed by atoms with E-state index in [-0.39, 0.29) is 5.91 Å². The van der Waals surface area contributed by atoms with E-state index in [2.05, 4.69) is 23.1 Å². The molecular formula is C24H25N3O5S. The molecule has 0 saturated heterocycles. The normalized spacial score (nSPS) is 10.2. The molecule has 0 unspecified atom stereocenters. The lowest BCUT2D eigenvalue weighted by Gasteiger charge is -2.12. The van der Waals surface area contributed by atoms with E-state index in [1.54, 1.807) is 54.6 Å². The Morgan fingerprint density at radius 2 is 1.58 bits per heavy atom. The Labute approximate surface area is 195 Å². The second-order valence-corrected chi connectivity index (χ2v) is 7.93. The van der Waals surface area contributed by atoms with Crippen LogP contribution in [0.15, 0.2) is 60.0 Å². The molecule has 3 aromatic rings. The summed E-state index contributed by atoms with van der Waals surface area (Å²) in [6.45, 7) is 2.63. The number of unbranched alkanes of at least 4 members (excludes halogenated alkanes) is 1. The van der Waals surface area contributed by atoms with E-state index in [0.29, 0.717) is 39.8 Å². The van der Waals surface area contributed by atoms with Gasteiger partial charge in [-0.1, -0.05) is 19.4 Å². The molecule has 1 heterocycles. The van der Waals surface area contributed by atoms with Gasteiger partial charge in [-0.05, 0) is 60.3 Å². The molecule has 1 aromatic heterocycles. The highest BCUT2D eigenvalue weighted by Crippen LogP contribution is 2.28. The number of carbonyl (C=O) groups excluding carboxylic acids is 3. The third-order valence-corrected chi connectivity index (χ3v) is 5.49. The summed E-state index contributed by atoms with van der Waals surface area (Å²) >= 11 is 1.34. The second-order valence-electron chi connectivity index (χ2n) is 6.98. The van der Waals surface area contributed by atoms with E-state index in [9.17, 15) is 14.4 Å². The van der Waals surface area contributed by atoms with Gasteiger partial charge in [0.1, 0.15) is 0 Å². The number of hydrogen-bond donors (Lipinski definition) is 3. The zero-order valence-electron chi connectivity index (χ0n) is 18.3. The highest BCUT2D eigenvalue weighted by atomic mass is 32.1. The Bertz CT molecular complexity index is 1100. The molecule has 0 aliphatic carbocycles. The molecule has 2 aromatic carbocycles. The molecule has 0 spiro atoms. The first-order chi connectivity index (χ1) is 16.0. The summed E-state index contributed by atoms with van der Waals surface area (Å²) in [6.07, 6.45) is 1.93. The number of nitrogens with one attached hydrogen (secondary N) is 3. The fourth-order valence-corrected chi connectivity index (χ4v) is 3.44. The predicted molar refractivity (Wildman–Crippen MR) is 127 cm³/mol. The van der Waals surface area contributed by atoms with E-state index in [0.717, 1.165) is 12.8 Å². The van der Waals surface area contributed by atoms with Crippen LogP contribution in [0.2, 0.25) is 0 Å². The summed E-state index contributed by atoms with van der Waals surface area (Å²) in [5.41, 5.74) is 5.95. The van der Waals surface area contributed by atoms with E-state index in [1.807, 2.05) is 5.38 Å². The Morgan fingerprint density at radius 3 is 2.21 bits per heavy atom. The standard InChI is InChI=1S/C24H25N3O5S/c1-3-4-13-32-19-12-9-17(15-20(19)31-2)23(29)27-26-22(28)16-7-10-18(11-8-16)25-24(30)21-6-5-14-33-21/h5-12,14-15H,3-4,13H2,1-2H3,(H,25,30)(H,26,28)(H,27,29). The molecule has 0 aliphatic heterocycles. The van der Waals surface area contributed by atoms with Gasteiger partial charge in [-0.2, -0.15) is 0 Å². The summed E-state index contributed by atoms with van der Waals surface area (Å²) in [4.78, 5) is 37.5. The molecule has 0 radical (unpaired) electrons. The van der Waals surface area contributed by atoms with Crippen molar-refractivity contribution in [2.45, 2.75) is 19.8 Å². The number of amides is 3. The van der Waals surface area contributed by atoms with Crippen molar-refractivity contribution in [3.05, 3.63) is 76.0 Å². The van der Waals surface area contributed by atoms with Crippen molar-refractivity contribution in [2.75, 3.05) is 19.0 Å². The molecule has 33 heavy (non-hydrogen) atoms. The van der Waals surface area contributed by atoms with Crippen LogP contribution in [0.4, 0.5) is 5.69 Å². The van der Waals surface area contributed by atoms with Crippen LogP contribution in [0.25, 0.3) is 0 Å². The number of methoxy groups -OCH3 is 1. The summed E-state index contributed by atoms with van der Waals surface area (Å²) in [5.74, 6) is -0.220. The first-order valence-corrected chi connectivity index (χ1v) is 11.3. The minimum atomic E-state index is -0.499. The smallest absolute Gasteiger partial charge is 0.269 e. The monoisotopic (exact) mass is 467 g/mol. The van der Waals surface area contributed by atoms with Crippen molar-refractivity contribution in [3.63, 3.8) is 0 Å². The average Bonchev–Trinajstić information content (AvgIpc) is 3.38. The van der Waals surface area contributed by atoms with Crippen molar-refractivity contribution in [3.8, 4) is 11.5 Å². The van der Waals surface area contributed by atoms with E-state index in [1.165, 1.54) is 18.4 Å². The Kier molecular flexibility index (Phi) is 8.43. The molecule has 3 N–H and O–H groups in total. The van der Waals surface area contributed by atoms with Crippen molar-refractivity contribution in [1.29, 1.82) is 0 Å². The molecule has 3 amide bonds. The number of anilines is 1. The van der Waals surface area contributed by atoms with Crippen LogP contribution < -0.4 is 25.6 Å². The minimum absolute atomic E-state index is 0.216. The minimum Gasteiger partial charge on any atom is -0.493 e. The highest BCUT2D eigenvalue weighted by Gasteiger charge is 2.13. The van der Waals surface area contributed by atoms with Crippen LogP contribution in [-0.2, 0) is 0 Å². The fraction of sp³-hybridized carbons (Fsp3) is 0.208. The maximum atomic E-state index is 12.4. The summed E-state index contributed by atoms with van der Waals surface area (Å²) in [5, 5.41) is 4.58. The van der Waals surface area contributed by atoms with Crippen molar-refractivity contribution < 1.29 is 23.9 Å². The number of hydrogen-bond acceptors (Lipinski definition) is 6. The topological polar surface area (TPSA) is 106 Å². The summed E-state index contributed by atoms with van der Waals surface area (Å²) < 4.78 is 11.0. The van der Waals surface area contributed by atoms with Gasteiger partial charge in [0, 0.05) is 16.8 Å². The molecule has 0 aliphatic rings. The van der Waals surface area contributed by atoms with Gasteiger partial charge in [-0.15, -0.1) is 11.3 Å². The number of carbonyl (C=O) groups is 3. The van der Waals surface area contributed by atoms with Crippen molar-refractivity contribution >= 4 is 34.7 Å². The molecule has 3 rings (SSSR count). The quantitative estimate of drug-likeness (QED) is 0.322. The van der Waals surface area contributed by atoms with Gasteiger partial charge in [-0.3, -0.25) is 25.2 Å². The van der Waals surface area contributed by atoms with Gasteiger partial charge in [-0.25, -0.2) is 0 Å². The molecule has 0 fully saturated rings. The van der Waals surface area contributed by atoms with Crippen LogP contribution >= 0.6 is 11.3 Å². The SMILES string of the molecule is CCCCOc1ccc(C(=O)NNC(=O)c2ccc(NC(=O)c3cccs3)cc2)cc1OC. The number of rotatable bonds is 9. The van der Waals surface area contributed by atoms with Gasteiger partial charge >= 0.3 is 0 Å². The number of benzene rings is 2. The van der Waals surface area contributed by atoms with Crippen LogP contribution in [-0.4, -0.2) is 31.4 Å². The van der Waals surface area contributed by atoms with Crippen LogP contribution in [0.5, 0.6) is 11.5 Å². The van der Waals surface area contributed by atoms with Gasteiger partial charge in [0.15, 0.2) is 11.5 Å². The largest absolute Gasteiger partial charge is 0.493 e. The van der Waals surface area contributed by atoms with Crippen LogP contribution in [0.1, 0.15) is 50.2 Å². The average molecular weight is 468 g/mol. The molecule has 0 atom stereocenters. The lowest BCUT2D eigenvalue weighted by molar-refractivity contribution is 0.0846. The Hall–Kier alpha value is -3.85. The number of ether oxygens (including phenoxy) is 2. The van der Waals surface area contributed by atoms with Gasteiger partial charge in [0.25, 0.3) is 17.7 Å². The maximum Gasteiger partial charge on any atom is 0.269 e. The lowest BCUT2D eigenvalue weighted by Crippen LogP contribution is -2.41. The Balaban J connectivity index is 1.54. The number of thiophene rings is 1. The van der Waals surface area contributed by atoms with Gasteiger partial charge < -0.3 is 14.8 Å². The van der Waals surface area contributed by atoms with Crippen molar-refractivity contribution in [1.82, 2.24) is 10.9 Å². The van der Waals surface area contributed by atoms with E-state index < -0.39 is 11.8 Å². The van der Waals surface area contributed by atoms with E-state index in [4.69, 9.17) is 9.47 Å². The molecule has 0 bridgehead atoms. The number of hydrazine groups is 1. The van der Waals surface area contributed by atoms with Crippen LogP contribution in [0, 0.1) is 0 Å². The lowest BCUT2D eigenvalue weighted by atomic mass is 10.2. The molecule has 172 valence electrons. The summed E-state index contributed by atoms with van der Waals surface area (Å²) in [6, 6.07) is 14.7. The van der Waals surface area contributed by atoms with Crippen LogP contribution in [0.3, 0.4) is 0 Å². The predicted octanol–water partition coefficient (Wildman–Crippen LogP) is 4.26. The molecule has 0 saturated carbocycles. The maximum absolute atomic E-state index is 12.4. The van der Waals surface area contributed by atoms with Gasteiger partial charge in [0.2, 0.25) is 0 Å². The summed E-state index contributed by atoms with van der Waals surface area (Å²) in [7, 11) is 1.50. The van der Waals surface area contributed by atoms with E-state index >= 15 is 0 Å². The zero-order valence-corrected chi connectivity index (χ0v) is 19.2. The first kappa shape index (κ1) is 23.8. The second kappa shape index (κ2) is 11.7. The molecule has 8 nitrogen and oxygen atoms in total. The fourth-order valence-electron chi connectivity index (χ4n) is 2.82.